The third-order valence-electron chi connectivity index (χ3n) is 3.81. The van der Waals surface area contributed by atoms with E-state index in [1.54, 1.807) is 12.1 Å². The molecule has 2 aromatic carbocycles. The smallest absolute Gasteiger partial charge is 0.373 e. The summed E-state index contributed by atoms with van der Waals surface area (Å²) in [5.74, 6) is 0.991. The maximum absolute atomic E-state index is 11.4. The number of hydrogen-bond donors (Lipinski definition) is 1. The summed E-state index contributed by atoms with van der Waals surface area (Å²) in [7, 11) is 1.31. The molecule has 24 heavy (non-hydrogen) atoms. The Morgan fingerprint density at radius 1 is 1.12 bits per heavy atom. The summed E-state index contributed by atoms with van der Waals surface area (Å²) >= 11 is 0. The summed E-state index contributed by atoms with van der Waals surface area (Å²) in [6, 6.07) is 15.4. The van der Waals surface area contributed by atoms with Crippen molar-refractivity contribution in [1.82, 2.24) is 0 Å². The zero-order chi connectivity index (χ0) is 16.9. The molecule has 0 amide bonds. The molecule has 0 unspecified atom stereocenters. The van der Waals surface area contributed by atoms with Gasteiger partial charge in [0.15, 0.2) is 0 Å². The number of fused-ring (bicyclic) bond motifs is 1. The van der Waals surface area contributed by atoms with Gasteiger partial charge < -0.3 is 19.6 Å². The summed E-state index contributed by atoms with van der Waals surface area (Å²) in [5, 5.41) is 2.29. The van der Waals surface area contributed by atoms with Crippen molar-refractivity contribution in [2.24, 2.45) is 5.73 Å². The highest BCUT2D eigenvalue weighted by Crippen LogP contribution is 2.29. The molecule has 1 aromatic heterocycles. The Bertz CT molecular complexity index is 853. The molecule has 0 bridgehead atoms. The van der Waals surface area contributed by atoms with Crippen LogP contribution in [0.3, 0.4) is 0 Å². The van der Waals surface area contributed by atoms with Gasteiger partial charge in [-0.15, -0.1) is 0 Å². The van der Waals surface area contributed by atoms with E-state index < -0.39 is 5.97 Å². The molecule has 0 aliphatic heterocycles. The molecule has 2 N–H and O–H groups in total. The largest absolute Gasteiger partial charge is 0.485 e. The first-order valence-electron chi connectivity index (χ1n) is 7.73. The van der Waals surface area contributed by atoms with Crippen LogP contribution in [-0.4, -0.2) is 19.6 Å². The van der Waals surface area contributed by atoms with Gasteiger partial charge in [-0.25, -0.2) is 4.79 Å². The quantitative estimate of drug-likeness (QED) is 0.704. The Morgan fingerprint density at radius 3 is 2.75 bits per heavy atom. The second-order valence-corrected chi connectivity index (χ2v) is 5.35. The number of esters is 1. The standard InChI is InChI=1S/C19H19NO4/c1-22-19(21)18-9-7-14(24-18)12-23-17-8-6-13-4-2-3-5-15(13)16(17)10-11-20/h2-9H,10-12,20H2,1H3. The summed E-state index contributed by atoms with van der Waals surface area (Å²) < 4.78 is 16.0. The monoisotopic (exact) mass is 325 g/mol. The predicted molar refractivity (Wildman–Crippen MR) is 91.1 cm³/mol. The molecule has 1 heterocycles. The molecule has 124 valence electrons. The van der Waals surface area contributed by atoms with Gasteiger partial charge in [-0.3, -0.25) is 0 Å². The summed E-state index contributed by atoms with van der Waals surface area (Å²) in [5.41, 5.74) is 6.83. The molecule has 0 fully saturated rings. The Balaban J connectivity index is 1.83. The van der Waals surface area contributed by atoms with Crippen molar-refractivity contribution >= 4 is 16.7 Å². The average Bonchev–Trinajstić information content (AvgIpc) is 3.09. The highest BCUT2D eigenvalue weighted by molar-refractivity contribution is 5.88. The van der Waals surface area contributed by atoms with Gasteiger partial charge >= 0.3 is 5.97 Å². The number of nitrogens with two attached hydrogens (primary N) is 1. The lowest BCUT2D eigenvalue weighted by Crippen LogP contribution is -2.06. The average molecular weight is 325 g/mol. The first-order chi connectivity index (χ1) is 11.7. The Kier molecular flexibility index (Phi) is 4.82. The van der Waals surface area contributed by atoms with Crippen LogP contribution in [0.25, 0.3) is 10.8 Å². The summed E-state index contributed by atoms with van der Waals surface area (Å²) in [6.07, 6.45) is 0.724. The highest BCUT2D eigenvalue weighted by Gasteiger charge is 2.13. The fourth-order valence-electron chi connectivity index (χ4n) is 2.67. The molecule has 3 rings (SSSR count). The lowest BCUT2D eigenvalue weighted by molar-refractivity contribution is 0.0561. The zero-order valence-corrected chi connectivity index (χ0v) is 13.5. The van der Waals surface area contributed by atoms with Crippen molar-refractivity contribution in [2.45, 2.75) is 13.0 Å². The molecular formula is C19H19NO4. The normalized spacial score (nSPS) is 10.8. The van der Waals surface area contributed by atoms with Gasteiger partial charge in [0.25, 0.3) is 0 Å². The van der Waals surface area contributed by atoms with Crippen LogP contribution in [0.1, 0.15) is 21.9 Å². The minimum Gasteiger partial charge on any atom is -0.485 e. The van der Waals surface area contributed by atoms with E-state index in [-0.39, 0.29) is 12.4 Å². The molecule has 0 atom stereocenters. The van der Waals surface area contributed by atoms with Crippen molar-refractivity contribution in [2.75, 3.05) is 13.7 Å². The van der Waals surface area contributed by atoms with Crippen molar-refractivity contribution in [1.29, 1.82) is 0 Å². The predicted octanol–water partition coefficient (Wildman–Crippen LogP) is 3.30. The van der Waals surface area contributed by atoms with Crippen LogP contribution in [-0.2, 0) is 17.8 Å². The molecular weight excluding hydrogens is 306 g/mol. The SMILES string of the molecule is COC(=O)c1ccc(COc2ccc3ccccc3c2CCN)o1. The van der Waals surface area contributed by atoms with Gasteiger partial charge in [-0.1, -0.05) is 30.3 Å². The zero-order valence-electron chi connectivity index (χ0n) is 13.5. The number of carbonyl (C=O) groups excluding carboxylic acids is 1. The van der Waals surface area contributed by atoms with E-state index >= 15 is 0 Å². The first-order valence-corrected chi connectivity index (χ1v) is 7.73. The van der Waals surface area contributed by atoms with Crippen LogP contribution < -0.4 is 10.5 Å². The number of ether oxygens (including phenoxy) is 2. The number of hydrogen-bond acceptors (Lipinski definition) is 5. The molecule has 5 heteroatoms. The third kappa shape index (κ3) is 3.26. The van der Waals surface area contributed by atoms with Crippen molar-refractivity contribution in [3.63, 3.8) is 0 Å². The van der Waals surface area contributed by atoms with E-state index in [2.05, 4.69) is 16.9 Å². The van der Waals surface area contributed by atoms with Crippen molar-refractivity contribution in [3.05, 3.63) is 65.6 Å². The third-order valence-corrected chi connectivity index (χ3v) is 3.81. The Morgan fingerprint density at radius 2 is 1.96 bits per heavy atom. The minimum absolute atomic E-state index is 0.164. The second-order valence-electron chi connectivity index (χ2n) is 5.35. The van der Waals surface area contributed by atoms with Crippen LogP contribution in [0.2, 0.25) is 0 Å². The van der Waals surface area contributed by atoms with E-state index in [0.29, 0.717) is 12.3 Å². The van der Waals surface area contributed by atoms with Gasteiger partial charge in [0.05, 0.1) is 7.11 Å². The maximum Gasteiger partial charge on any atom is 0.373 e. The van der Waals surface area contributed by atoms with E-state index in [0.717, 1.165) is 28.5 Å². The van der Waals surface area contributed by atoms with Gasteiger partial charge in [0.1, 0.15) is 18.1 Å². The molecule has 0 saturated heterocycles. The van der Waals surface area contributed by atoms with Crippen molar-refractivity contribution in [3.8, 4) is 5.75 Å². The topological polar surface area (TPSA) is 74.7 Å². The minimum atomic E-state index is -0.504. The van der Waals surface area contributed by atoms with Crippen LogP contribution >= 0.6 is 0 Å². The van der Waals surface area contributed by atoms with Crippen LogP contribution in [0.4, 0.5) is 0 Å². The van der Waals surface area contributed by atoms with Crippen LogP contribution in [0, 0.1) is 0 Å². The van der Waals surface area contributed by atoms with Gasteiger partial charge in [0.2, 0.25) is 5.76 Å². The molecule has 0 spiro atoms. The second kappa shape index (κ2) is 7.19. The number of benzene rings is 2. The van der Waals surface area contributed by atoms with Gasteiger partial charge in [0, 0.05) is 5.56 Å². The molecule has 0 aliphatic rings. The van der Waals surface area contributed by atoms with Gasteiger partial charge in [-0.2, -0.15) is 0 Å². The molecule has 3 aromatic rings. The first kappa shape index (κ1) is 16.1. The molecule has 5 nitrogen and oxygen atoms in total. The number of rotatable bonds is 6. The van der Waals surface area contributed by atoms with Crippen molar-refractivity contribution < 1.29 is 18.7 Å². The molecule has 0 saturated carbocycles. The Hall–Kier alpha value is -2.79. The fraction of sp³-hybridized carbons (Fsp3) is 0.211. The summed E-state index contributed by atoms with van der Waals surface area (Å²) in [4.78, 5) is 11.4. The van der Waals surface area contributed by atoms with Crippen LogP contribution in [0.5, 0.6) is 5.75 Å². The highest BCUT2D eigenvalue weighted by atomic mass is 16.5. The molecule has 0 aliphatic carbocycles. The Labute approximate surface area is 140 Å². The van der Waals surface area contributed by atoms with E-state index in [4.69, 9.17) is 14.9 Å². The number of furan rings is 1. The lowest BCUT2D eigenvalue weighted by atomic mass is 10.0. The fourth-order valence-corrected chi connectivity index (χ4v) is 2.67. The van der Waals surface area contributed by atoms with Gasteiger partial charge in [-0.05, 0) is 41.9 Å². The van der Waals surface area contributed by atoms with E-state index in [1.165, 1.54) is 7.11 Å². The summed E-state index contributed by atoms with van der Waals surface area (Å²) in [6.45, 7) is 0.768. The van der Waals surface area contributed by atoms with Crippen LogP contribution in [0.15, 0.2) is 52.9 Å². The van der Waals surface area contributed by atoms with E-state index in [1.807, 2.05) is 24.3 Å². The number of methoxy groups -OCH3 is 1. The number of carbonyl (C=O) groups is 1. The van der Waals surface area contributed by atoms with E-state index in [9.17, 15) is 4.79 Å². The maximum atomic E-state index is 11.4. The lowest BCUT2D eigenvalue weighted by Gasteiger charge is -2.13. The molecule has 0 radical (unpaired) electrons.